The van der Waals surface area contributed by atoms with Gasteiger partial charge in [0.05, 0.1) is 17.3 Å². The van der Waals surface area contributed by atoms with Crippen molar-refractivity contribution in [2.24, 2.45) is 0 Å². The maximum Gasteiger partial charge on any atom is 0.258 e. The Bertz CT molecular complexity index is 825. The quantitative estimate of drug-likeness (QED) is 0.732. The lowest BCUT2D eigenvalue weighted by Crippen LogP contribution is -2.15. The van der Waals surface area contributed by atoms with Crippen LogP contribution in [0, 0.1) is 0 Å². The van der Waals surface area contributed by atoms with Crippen molar-refractivity contribution in [3.8, 4) is 0 Å². The highest BCUT2D eigenvalue weighted by Crippen LogP contribution is 2.07. The van der Waals surface area contributed by atoms with Gasteiger partial charge in [0, 0.05) is 18.0 Å². The molecule has 0 saturated carbocycles. The van der Waals surface area contributed by atoms with Crippen molar-refractivity contribution >= 4 is 16.7 Å². The van der Waals surface area contributed by atoms with Crippen LogP contribution >= 0.6 is 0 Å². The van der Waals surface area contributed by atoms with Gasteiger partial charge in [0.2, 0.25) is 0 Å². The van der Waals surface area contributed by atoms with E-state index in [1.807, 2.05) is 6.07 Å². The van der Waals surface area contributed by atoms with Gasteiger partial charge in [-0.1, -0.05) is 12.1 Å². The number of hydrogen-bond acceptors (Lipinski definition) is 4. The first kappa shape index (κ1) is 12.2. The first-order valence-corrected chi connectivity index (χ1v) is 6.15. The molecule has 0 amide bonds. The van der Waals surface area contributed by atoms with Crippen molar-refractivity contribution in [3.63, 3.8) is 0 Å². The van der Waals surface area contributed by atoms with Gasteiger partial charge in [-0.15, -0.1) is 0 Å². The van der Waals surface area contributed by atoms with Crippen LogP contribution in [0.2, 0.25) is 0 Å². The molecule has 2 heterocycles. The average molecular weight is 265 g/mol. The van der Waals surface area contributed by atoms with E-state index in [4.69, 9.17) is 0 Å². The Labute approximate surface area is 114 Å². The molecule has 0 bridgehead atoms. The van der Waals surface area contributed by atoms with Crippen molar-refractivity contribution < 1.29 is 4.79 Å². The van der Waals surface area contributed by atoms with Gasteiger partial charge in [-0.05, 0) is 24.3 Å². The van der Waals surface area contributed by atoms with Crippen LogP contribution in [0.25, 0.3) is 10.9 Å². The number of benzene rings is 1. The Hall–Kier alpha value is -2.82. The number of Topliss-reactive ketones (excluding diaryl/α,β-unsaturated/α-hetero) is 1. The van der Waals surface area contributed by atoms with Gasteiger partial charge in [0.15, 0.2) is 5.78 Å². The molecular formula is C15H11N3O2. The second-order valence-corrected chi connectivity index (χ2v) is 4.37. The molecule has 0 aliphatic heterocycles. The van der Waals surface area contributed by atoms with Gasteiger partial charge in [-0.25, -0.2) is 4.98 Å². The minimum absolute atomic E-state index is 0.0474. The number of ketones is 1. The summed E-state index contributed by atoms with van der Waals surface area (Å²) in [6, 6.07) is 10.4. The highest BCUT2D eigenvalue weighted by Gasteiger charge is 2.10. The highest BCUT2D eigenvalue weighted by atomic mass is 16.1. The number of carbonyl (C=O) groups excluding carboxylic acids is 1. The van der Waals surface area contributed by atoms with Crippen LogP contribution in [0.5, 0.6) is 0 Å². The SMILES string of the molecule is O=C(Cc1nc2ccccc2c(=O)[nH]1)c1cccnc1. The molecule has 98 valence electrons. The molecule has 20 heavy (non-hydrogen) atoms. The molecular weight excluding hydrogens is 254 g/mol. The van der Waals surface area contributed by atoms with E-state index in [2.05, 4.69) is 15.0 Å². The summed E-state index contributed by atoms with van der Waals surface area (Å²) >= 11 is 0. The lowest BCUT2D eigenvalue weighted by molar-refractivity contribution is 0.0990. The van der Waals surface area contributed by atoms with E-state index in [0.29, 0.717) is 22.3 Å². The van der Waals surface area contributed by atoms with Crippen LogP contribution in [-0.2, 0) is 6.42 Å². The van der Waals surface area contributed by atoms with E-state index >= 15 is 0 Å². The van der Waals surface area contributed by atoms with Crippen molar-refractivity contribution in [2.45, 2.75) is 6.42 Å². The summed E-state index contributed by atoms with van der Waals surface area (Å²) in [7, 11) is 0. The van der Waals surface area contributed by atoms with Crippen LogP contribution in [0.1, 0.15) is 16.2 Å². The highest BCUT2D eigenvalue weighted by molar-refractivity contribution is 5.96. The smallest absolute Gasteiger partial charge is 0.258 e. The van der Waals surface area contributed by atoms with Gasteiger partial charge in [0.1, 0.15) is 5.82 Å². The van der Waals surface area contributed by atoms with E-state index in [-0.39, 0.29) is 17.8 Å². The fourth-order valence-corrected chi connectivity index (χ4v) is 2.00. The van der Waals surface area contributed by atoms with Crippen molar-refractivity contribution in [3.05, 3.63) is 70.5 Å². The molecule has 3 rings (SSSR count). The maximum atomic E-state index is 12.1. The van der Waals surface area contributed by atoms with Gasteiger partial charge >= 0.3 is 0 Å². The number of aromatic nitrogens is 3. The van der Waals surface area contributed by atoms with Crippen LogP contribution in [0.4, 0.5) is 0 Å². The number of fused-ring (bicyclic) bond motifs is 1. The second-order valence-electron chi connectivity index (χ2n) is 4.37. The zero-order chi connectivity index (χ0) is 13.9. The van der Waals surface area contributed by atoms with Crippen molar-refractivity contribution in [1.29, 1.82) is 0 Å². The van der Waals surface area contributed by atoms with Gasteiger partial charge in [0.25, 0.3) is 5.56 Å². The number of para-hydroxylation sites is 1. The number of nitrogens with one attached hydrogen (secondary N) is 1. The number of carbonyl (C=O) groups is 1. The molecule has 0 saturated heterocycles. The number of aromatic amines is 1. The summed E-state index contributed by atoms with van der Waals surface area (Å²) < 4.78 is 0. The van der Waals surface area contributed by atoms with E-state index in [1.165, 1.54) is 6.20 Å². The van der Waals surface area contributed by atoms with E-state index in [1.54, 1.807) is 36.5 Å². The zero-order valence-electron chi connectivity index (χ0n) is 10.5. The molecule has 0 fully saturated rings. The maximum absolute atomic E-state index is 12.1. The van der Waals surface area contributed by atoms with Crippen LogP contribution in [0.3, 0.4) is 0 Å². The molecule has 0 aliphatic rings. The summed E-state index contributed by atoms with van der Waals surface area (Å²) in [4.78, 5) is 34.8. The first-order valence-electron chi connectivity index (χ1n) is 6.15. The average Bonchev–Trinajstić information content (AvgIpc) is 2.48. The zero-order valence-corrected chi connectivity index (χ0v) is 10.5. The normalized spacial score (nSPS) is 10.6. The number of nitrogens with zero attached hydrogens (tertiary/aromatic N) is 2. The van der Waals surface area contributed by atoms with E-state index in [9.17, 15) is 9.59 Å². The molecule has 1 N–H and O–H groups in total. The molecule has 2 aromatic heterocycles. The van der Waals surface area contributed by atoms with E-state index < -0.39 is 0 Å². The largest absolute Gasteiger partial charge is 0.310 e. The number of rotatable bonds is 3. The first-order chi connectivity index (χ1) is 9.74. The number of H-pyrrole nitrogens is 1. The number of hydrogen-bond donors (Lipinski definition) is 1. The summed E-state index contributed by atoms with van der Waals surface area (Å²) in [5, 5.41) is 0.519. The molecule has 5 heteroatoms. The molecule has 0 aliphatic carbocycles. The Morgan fingerprint density at radius 1 is 1.15 bits per heavy atom. The Balaban J connectivity index is 1.96. The topological polar surface area (TPSA) is 75.7 Å². The Morgan fingerprint density at radius 3 is 2.80 bits per heavy atom. The summed E-state index contributed by atoms with van der Waals surface area (Å²) in [5.74, 6) is 0.235. The molecule has 0 radical (unpaired) electrons. The van der Waals surface area contributed by atoms with E-state index in [0.717, 1.165) is 0 Å². The second kappa shape index (κ2) is 5.05. The monoisotopic (exact) mass is 265 g/mol. The lowest BCUT2D eigenvalue weighted by atomic mass is 10.1. The fourth-order valence-electron chi connectivity index (χ4n) is 2.00. The summed E-state index contributed by atoms with van der Waals surface area (Å²) in [5.41, 5.74) is 0.859. The minimum Gasteiger partial charge on any atom is -0.310 e. The summed E-state index contributed by atoms with van der Waals surface area (Å²) in [6.45, 7) is 0. The molecule has 3 aromatic rings. The predicted molar refractivity (Wildman–Crippen MR) is 74.6 cm³/mol. The van der Waals surface area contributed by atoms with Gasteiger partial charge < -0.3 is 4.98 Å². The summed E-state index contributed by atoms with van der Waals surface area (Å²) in [6.07, 6.45) is 3.15. The fraction of sp³-hybridized carbons (Fsp3) is 0.0667. The van der Waals surface area contributed by atoms with Gasteiger partial charge in [-0.2, -0.15) is 0 Å². The van der Waals surface area contributed by atoms with Crippen LogP contribution in [0.15, 0.2) is 53.6 Å². The Kier molecular flexibility index (Phi) is 3.09. The van der Waals surface area contributed by atoms with Crippen molar-refractivity contribution in [2.75, 3.05) is 0 Å². The minimum atomic E-state index is -0.232. The molecule has 0 unspecified atom stereocenters. The van der Waals surface area contributed by atoms with Gasteiger partial charge in [-0.3, -0.25) is 14.6 Å². The van der Waals surface area contributed by atoms with Crippen LogP contribution in [-0.4, -0.2) is 20.7 Å². The van der Waals surface area contributed by atoms with Crippen molar-refractivity contribution in [1.82, 2.24) is 15.0 Å². The molecule has 0 atom stereocenters. The number of pyridine rings is 1. The Morgan fingerprint density at radius 2 is 2.00 bits per heavy atom. The predicted octanol–water partition coefficient (Wildman–Crippen LogP) is 1.74. The lowest BCUT2D eigenvalue weighted by Gasteiger charge is -2.02. The van der Waals surface area contributed by atoms with Crippen LogP contribution < -0.4 is 5.56 Å². The molecule has 1 aromatic carbocycles. The standard InChI is InChI=1S/C15H11N3O2/c19-13(10-4-3-7-16-9-10)8-14-17-12-6-2-1-5-11(12)15(20)18-14/h1-7,9H,8H2,(H,17,18,20). The third-order valence-corrected chi connectivity index (χ3v) is 2.97. The molecule has 0 spiro atoms. The molecule has 5 nitrogen and oxygen atoms in total. The third kappa shape index (κ3) is 2.33. The third-order valence-electron chi connectivity index (χ3n) is 2.97.